The molecule has 1 amide bonds. The van der Waals surface area contributed by atoms with Crippen LogP contribution in [-0.4, -0.2) is 24.0 Å². The van der Waals surface area contributed by atoms with Crippen molar-refractivity contribution in [2.45, 2.75) is 39.0 Å². The molecule has 1 fully saturated rings. The Bertz CT molecular complexity index is 978. The zero-order chi connectivity index (χ0) is 20.4. The van der Waals surface area contributed by atoms with Gasteiger partial charge in [-0.3, -0.25) is 4.79 Å². The van der Waals surface area contributed by atoms with Gasteiger partial charge in [0.1, 0.15) is 0 Å². The first-order valence-electron chi connectivity index (χ1n) is 10.1. The van der Waals surface area contributed by atoms with Crippen LogP contribution in [0.5, 0.6) is 0 Å². The maximum absolute atomic E-state index is 12.6. The van der Waals surface area contributed by atoms with Crippen LogP contribution >= 0.6 is 11.3 Å². The molecule has 1 N–H and O–H groups in total. The number of anilines is 2. The van der Waals surface area contributed by atoms with Crippen LogP contribution < -0.4 is 10.2 Å². The number of carbonyl (C=O) groups is 1. The molecule has 1 aliphatic heterocycles. The van der Waals surface area contributed by atoms with Gasteiger partial charge in [-0.1, -0.05) is 45.0 Å². The molecule has 0 bridgehead atoms. The molecule has 0 atom stereocenters. The first-order chi connectivity index (χ1) is 13.9. The van der Waals surface area contributed by atoms with E-state index in [1.807, 2.05) is 48.5 Å². The van der Waals surface area contributed by atoms with Gasteiger partial charge in [-0.25, -0.2) is 4.98 Å². The van der Waals surface area contributed by atoms with E-state index in [2.05, 4.69) is 36.4 Å². The number of benzene rings is 2. The van der Waals surface area contributed by atoms with Gasteiger partial charge < -0.3 is 10.2 Å². The highest BCUT2D eigenvalue weighted by atomic mass is 32.1. The summed E-state index contributed by atoms with van der Waals surface area (Å²) in [6.45, 7) is 8.71. The van der Waals surface area contributed by atoms with Crippen LogP contribution in [0.25, 0.3) is 11.3 Å². The van der Waals surface area contributed by atoms with Gasteiger partial charge in [-0.05, 0) is 48.1 Å². The molecule has 0 spiro atoms. The fraction of sp³-hybridized carbons (Fsp3) is 0.333. The van der Waals surface area contributed by atoms with Crippen LogP contribution in [-0.2, 0) is 5.41 Å². The second-order valence-electron chi connectivity index (χ2n) is 8.57. The minimum absolute atomic E-state index is 0.0785. The van der Waals surface area contributed by atoms with E-state index in [1.165, 1.54) is 18.4 Å². The van der Waals surface area contributed by atoms with E-state index in [0.717, 1.165) is 35.2 Å². The van der Waals surface area contributed by atoms with E-state index in [1.54, 1.807) is 11.3 Å². The number of thiazole rings is 1. The van der Waals surface area contributed by atoms with Gasteiger partial charge in [-0.15, -0.1) is 11.3 Å². The predicted molar refractivity (Wildman–Crippen MR) is 122 cm³/mol. The van der Waals surface area contributed by atoms with Crippen molar-refractivity contribution in [3.63, 3.8) is 0 Å². The molecule has 150 valence electrons. The molecule has 0 saturated carbocycles. The Hall–Kier alpha value is -2.66. The molecule has 2 aromatic carbocycles. The normalized spacial score (nSPS) is 14.2. The van der Waals surface area contributed by atoms with Crippen molar-refractivity contribution in [2.24, 2.45) is 0 Å². The summed E-state index contributed by atoms with van der Waals surface area (Å²) in [5.41, 5.74) is 4.81. The van der Waals surface area contributed by atoms with Gasteiger partial charge in [0.2, 0.25) is 0 Å². The molecule has 4 nitrogen and oxygen atoms in total. The van der Waals surface area contributed by atoms with Crippen molar-refractivity contribution in [1.29, 1.82) is 0 Å². The average Bonchev–Trinajstić information content (AvgIpc) is 3.40. The molecule has 0 unspecified atom stereocenters. The van der Waals surface area contributed by atoms with E-state index >= 15 is 0 Å². The maximum atomic E-state index is 12.6. The number of amides is 1. The highest BCUT2D eigenvalue weighted by molar-refractivity contribution is 7.14. The van der Waals surface area contributed by atoms with Crippen LogP contribution in [0.15, 0.2) is 53.9 Å². The summed E-state index contributed by atoms with van der Waals surface area (Å²) in [7, 11) is 0. The molecular formula is C24H27N3OS. The summed E-state index contributed by atoms with van der Waals surface area (Å²) >= 11 is 1.70. The summed E-state index contributed by atoms with van der Waals surface area (Å²) in [5.74, 6) is -0.0943. The summed E-state index contributed by atoms with van der Waals surface area (Å²) < 4.78 is 0. The monoisotopic (exact) mass is 405 g/mol. The number of nitrogens with zero attached hydrogens (tertiary/aromatic N) is 2. The van der Waals surface area contributed by atoms with Gasteiger partial charge in [0.15, 0.2) is 5.13 Å². The van der Waals surface area contributed by atoms with Crippen molar-refractivity contribution in [3.8, 4) is 11.3 Å². The first-order valence-corrected chi connectivity index (χ1v) is 11.0. The van der Waals surface area contributed by atoms with Crippen LogP contribution in [0.2, 0.25) is 0 Å². The number of carbonyl (C=O) groups excluding carboxylic acids is 1. The van der Waals surface area contributed by atoms with Gasteiger partial charge in [0, 0.05) is 35.3 Å². The van der Waals surface area contributed by atoms with Crippen molar-refractivity contribution in [2.75, 3.05) is 23.3 Å². The Morgan fingerprint density at radius 3 is 2.28 bits per heavy atom. The Balaban J connectivity index is 1.42. The number of hydrogen-bond acceptors (Lipinski definition) is 4. The van der Waals surface area contributed by atoms with Gasteiger partial charge in [0.05, 0.1) is 5.69 Å². The zero-order valence-corrected chi connectivity index (χ0v) is 18.1. The molecule has 3 aromatic rings. The molecule has 1 saturated heterocycles. The minimum Gasteiger partial charge on any atom is -0.348 e. The maximum Gasteiger partial charge on any atom is 0.255 e. The minimum atomic E-state index is -0.0943. The summed E-state index contributed by atoms with van der Waals surface area (Å²) in [6.07, 6.45) is 2.50. The quantitative estimate of drug-likeness (QED) is 0.582. The number of rotatable bonds is 4. The highest BCUT2D eigenvalue weighted by Crippen LogP contribution is 2.30. The average molecular weight is 406 g/mol. The van der Waals surface area contributed by atoms with Crippen molar-refractivity contribution >= 4 is 28.1 Å². The standard InChI is InChI=1S/C24H27N3OS/c1-24(2,3)19-10-6-18(7-11-19)22(28)25-20-12-8-17(9-13-20)21-16-29-23(26-21)27-14-4-5-15-27/h6-13,16H,4-5,14-15H2,1-3H3,(H,25,28). The fourth-order valence-corrected chi connectivity index (χ4v) is 4.39. The highest BCUT2D eigenvalue weighted by Gasteiger charge is 2.17. The van der Waals surface area contributed by atoms with E-state index in [9.17, 15) is 4.79 Å². The van der Waals surface area contributed by atoms with E-state index < -0.39 is 0 Å². The number of hydrogen-bond donors (Lipinski definition) is 1. The number of aromatic nitrogens is 1. The lowest BCUT2D eigenvalue weighted by Gasteiger charge is -2.19. The molecule has 0 radical (unpaired) electrons. The van der Waals surface area contributed by atoms with Crippen molar-refractivity contribution < 1.29 is 4.79 Å². The predicted octanol–water partition coefficient (Wildman–Crippen LogP) is 5.96. The second kappa shape index (κ2) is 7.99. The summed E-state index contributed by atoms with van der Waals surface area (Å²) in [5, 5.41) is 6.19. The third-order valence-corrected chi connectivity index (χ3v) is 6.22. The van der Waals surface area contributed by atoms with Crippen molar-refractivity contribution in [3.05, 3.63) is 65.0 Å². The van der Waals surface area contributed by atoms with E-state index in [0.29, 0.717) is 5.56 Å². The summed E-state index contributed by atoms with van der Waals surface area (Å²) in [4.78, 5) is 19.7. The summed E-state index contributed by atoms with van der Waals surface area (Å²) in [6, 6.07) is 15.7. The van der Waals surface area contributed by atoms with E-state index in [4.69, 9.17) is 4.98 Å². The molecule has 1 aromatic heterocycles. The molecule has 2 heterocycles. The first kappa shape index (κ1) is 19.6. The second-order valence-corrected chi connectivity index (χ2v) is 9.40. The Morgan fingerprint density at radius 2 is 1.66 bits per heavy atom. The van der Waals surface area contributed by atoms with Gasteiger partial charge in [-0.2, -0.15) is 0 Å². The molecule has 0 aliphatic carbocycles. The SMILES string of the molecule is CC(C)(C)c1ccc(C(=O)Nc2ccc(-c3csc(N4CCCC4)n3)cc2)cc1. The zero-order valence-electron chi connectivity index (χ0n) is 17.2. The third-order valence-electron chi connectivity index (χ3n) is 5.32. The molecule has 29 heavy (non-hydrogen) atoms. The lowest BCUT2D eigenvalue weighted by atomic mass is 9.87. The number of nitrogens with one attached hydrogen (secondary N) is 1. The Labute approximate surface area is 176 Å². The lowest BCUT2D eigenvalue weighted by Crippen LogP contribution is -2.17. The molecule has 1 aliphatic rings. The van der Waals surface area contributed by atoms with Crippen LogP contribution in [0.1, 0.15) is 49.5 Å². The fourth-order valence-electron chi connectivity index (χ4n) is 3.50. The molecule has 4 rings (SSSR count). The van der Waals surface area contributed by atoms with Gasteiger partial charge in [0.25, 0.3) is 5.91 Å². The Kier molecular flexibility index (Phi) is 5.41. The van der Waals surface area contributed by atoms with Gasteiger partial charge >= 0.3 is 0 Å². The van der Waals surface area contributed by atoms with E-state index in [-0.39, 0.29) is 11.3 Å². The molecule has 5 heteroatoms. The lowest BCUT2D eigenvalue weighted by molar-refractivity contribution is 0.102. The van der Waals surface area contributed by atoms with Crippen LogP contribution in [0.4, 0.5) is 10.8 Å². The van der Waals surface area contributed by atoms with Crippen LogP contribution in [0, 0.1) is 0 Å². The van der Waals surface area contributed by atoms with Crippen LogP contribution in [0.3, 0.4) is 0 Å². The Morgan fingerprint density at radius 1 is 1.00 bits per heavy atom. The molecular weight excluding hydrogens is 378 g/mol. The third kappa shape index (κ3) is 4.51. The smallest absolute Gasteiger partial charge is 0.255 e. The topological polar surface area (TPSA) is 45.2 Å². The largest absolute Gasteiger partial charge is 0.348 e. The van der Waals surface area contributed by atoms with Crippen molar-refractivity contribution in [1.82, 2.24) is 4.98 Å².